The van der Waals surface area contributed by atoms with E-state index in [-0.39, 0.29) is 13.3 Å². The molecule has 26 heavy (non-hydrogen) atoms. The van der Waals surface area contributed by atoms with E-state index in [4.69, 9.17) is 0 Å². The van der Waals surface area contributed by atoms with E-state index in [0.717, 1.165) is 37.3 Å². The van der Waals surface area contributed by atoms with Crippen molar-refractivity contribution in [1.82, 2.24) is 19.9 Å². The zero-order chi connectivity index (χ0) is 17.9. The molecule has 1 fully saturated rings. The summed E-state index contributed by atoms with van der Waals surface area (Å²) in [7, 11) is 0. The Bertz CT molecular complexity index is 879. The van der Waals surface area contributed by atoms with Gasteiger partial charge in [0.15, 0.2) is 5.65 Å². The van der Waals surface area contributed by atoms with Gasteiger partial charge in [-0.25, -0.2) is 8.91 Å². The van der Waals surface area contributed by atoms with E-state index in [2.05, 4.69) is 20.7 Å². The summed E-state index contributed by atoms with van der Waals surface area (Å²) < 4.78 is 14.8. The maximum absolute atomic E-state index is 13.0. The second-order valence-corrected chi connectivity index (χ2v) is 6.71. The number of piperidine rings is 1. The first-order valence-electron chi connectivity index (χ1n) is 8.95. The molecule has 1 aliphatic rings. The van der Waals surface area contributed by atoms with Crippen molar-refractivity contribution in [3.63, 3.8) is 0 Å². The summed E-state index contributed by atoms with van der Waals surface area (Å²) in [6.07, 6.45) is 2.14. The van der Waals surface area contributed by atoms with Gasteiger partial charge in [0.05, 0.1) is 6.10 Å². The molecule has 1 saturated heterocycles. The third kappa shape index (κ3) is 3.68. The maximum atomic E-state index is 13.0. The smallest absolute Gasteiger partial charge is 0.247 e. The van der Waals surface area contributed by atoms with Crippen molar-refractivity contribution < 1.29 is 10.9 Å². The van der Waals surface area contributed by atoms with Gasteiger partial charge < -0.3 is 15.7 Å². The minimum Gasteiger partial charge on any atom is -0.392 e. The summed E-state index contributed by atoms with van der Waals surface area (Å²) >= 11 is 0. The van der Waals surface area contributed by atoms with Gasteiger partial charge in [0, 0.05) is 19.2 Å². The summed E-state index contributed by atoms with van der Waals surface area (Å²) in [5, 5.41) is 21.5. The first-order chi connectivity index (χ1) is 12.7. The monoisotopic (exact) mass is 357 g/mol. The normalized spacial score (nSPS) is 16.7. The van der Waals surface area contributed by atoms with Crippen LogP contribution in [0.25, 0.3) is 5.65 Å². The first kappa shape index (κ1) is 16.9. The fourth-order valence-electron chi connectivity index (χ4n) is 3.44. The number of rotatable bonds is 5. The van der Waals surface area contributed by atoms with Crippen LogP contribution in [0, 0.1) is 11.7 Å². The summed E-state index contributed by atoms with van der Waals surface area (Å²) in [6, 6.07) is 11.8. The largest absolute Gasteiger partial charge is 0.392 e. The average molecular weight is 357 g/mol. The molecule has 3 heterocycles. The number of aliphatic hydroxyl groups is 1. The van der Waals surface area contributed by atoms with Crippen molar-refractivity contribution in [3.05, 3.63) is 54.0 Å². The second-order valence-electron chi connectivity index (χ2n) is 6.71. The van der Waals surface area contributed by atoms with Gasteiger partial charge in [-0.15, -0.1) is 5.10 Å². The number of fused-ring (bicyclic) bond motifs is 1. The Morgan fingerprint density at radius 3 is 2.77 bits per heavy atom. The minimum absolute atomic E-state index is 0. The molecule has 3 N–H and O–H groups in total. The Balaban J connectivity index is 0.00000210. The van der Waals surface area contributed by atoms with Crippen LogP contribution in [-0.2, 0) is 6.42 Å². The molecule has 3 aromatic rings. The Morgan fingerprint density at radius 2 is 2.00 bits per heavy atom. The molecule has 1 aromatic carbocycles. The van der Waals surface area contributed by atoms with Gasteiger partial charge in [-0.3, -0.25) is 0 Å². The second kappa shape index (κ2) is 7.39. The molecule has 7 heteroatoms. The van der Waals surface area contributed by atoms with Gasteiger partial charge in [0.25, 0.3) is 0 Å². The summed E-state index contributed by atoms with van der Waals surface area (Å²) in [4.78, 5) is 4.47. The van der Waals surface area contributed by atoms with Gasteiger partial charge >= 0.3 is 0 Å². The highest BCUT2D eigenvalue weighted by Gasteiger charge is 2.22. The quantitative estimate of drug-likeness (QED) is 0.655. The third-order valence-corrected chi connectivity index (χ3v) is 4.88. The van der Waals surface area contributed by atoms with Gasteiger partial charge in [0.1, 0.15) is 5.82 Å². The molecular formula is C19H24FN5O. The predicted octanol–water partition coefficient (Wildman–Crippen LogP) is 2.76. The van der Waals surface area contributed by atoms with Gasteiger partial charge in [-0.05, 0) is 68.2 Å². The van der Waals surface area contributed by atoms with Crippen LogP contribution in [0.5, 0.6) is 0 Å². The van der Waals surface area contributed by atoms with Crippen molar-refractivity contribution in [3.8, 4) is 0 Å². The highest BCUT2D eigenvalue weighted by molar-refractivity contribution is 5.55. The van der Waals surface area contributed by atoms with Crippen LogP contribution in [0.4, 0.5) is 16.0 Å². The highest BCUT2D eigenvalue weighted by Crippen LogP contribution is 2.21. The van der Waals surface area contributed by atoms with Gasteiger partial charge in [-0.2, -0.15) is 4.98 Å². The molecule has 0 aliphatic carbocycles. The number of nitrogens with one attached hydrogen (secondary N) is 2. The molecule has 1 atom stereocenters. The fourth-order valence-corrected chi connectivity index (χ4v) is 3.44. The van der Waals surface area contributed by atoms with Gasteiger partial charge in [-0.1, -0.05) is 6.07 Å². The van der Waals surface area contributed by atoms with E-state index >= 15 is 0 Å². The van der Waals surface area contributed by atoms with Crippen LogP contribution in [0.2, 0.25) is 0 Å². The fraction of sp³-hybridized carbons (Fsp3) is 0.368. The van der Waals surface area contributed by atoms with Crippen LogP contribution < -0.4 is 10.6 Å². The zero-order valence-corrected chi connectivity index (χ0v) is 14.4. The third-order valence-electron chi connectivity index (χ3n) is 4.88. The van der Waals surface area contributed by atoms with Crippen LogP contribution in [0.1, 0.15) is 20.0 Å². The average Bonchev–Trinajstić information content (AvgIpc) is 3.08. The summed E-state index contributed by atoms with van der Waals surface area (Å²) in [5.74, 6) is 0.472. The number of aliphatic hydroxyl groups excluding tert-OH is 1. The van der Waals surface area contributed by atoms with E-state index in [0.29, 0.717) is 23.9 Å². The number of hydrogen-bond donors (Lipinski definition) is 3. The lowest BCUT2D eigenvalue weighted by molar-refractivity contribution is 0.0877. The van der Waals surface area contributed by atoms with Crippen molar-refractivity contribution in [2.75, 3.05) is 18.4 Å². The molecule has 4 rings (SSSR count). The zero-order valence-electron chi connectivity index (χ0n) is 14.4. The van der Waals surface area contributed by atoms with Crippen LogP contribution >= 0.6 is 0 Å². The van der Waals surface area contributed by atoms with E-state index in [9.17, 15) is 9.50 Å². The number of hydrogen-bond acceptors (Lipinski definition) is 5. The standard InChI is InChI=1S/C19H22FN5O.H2/c20-14-4-6-15(7-5-14)22-19-23-18-3-1-2-16(25(18)24-19)12-17(26)13-8-10-21-11-9-13;/h1-7,13,17,21,26H,8-12H2,(H,22,24);1H. The highest BCUT2D eigenvalue weighted by atomic mass is 19.1. The summed E-state index contributed by atoms with van der Waals surface area (Å²) in [5.41, 5.74) is 2.36. The maximum Gasteiger partial charge on any atom is 0.247 e. The number of nitrogens with zero attached hydrogens (tertiary/aromatic N) is 3. The number of halogens is 1. The Hall–Kier alpha value is -2.51. The molecule has 1 unspecified atom stereocenters. The molecular weight excluding hydrogens is 333 g/mol. The number of aromatic nitrogens is 3. The van der Waals surface area contributed by atoms with Crippen molar-refractivity contribution in [2.24, 2.45) is 5.92 Å². The molecule has 6 nitrogen and oxygen atoms in total. The number of benzene rings is 1. The molecule has 2 aromatic heterocycles. The molecule has 0 radical (unpaired) electrons. The number of anilines is 2. The minimum atomic E-state index is -0.389. The van der Waals surface area contributed by atoms with Gasteiger partial charge in [0.2, 0.25) is 5.95 Å². The van der Waals surface area contributed by atoms with Crippen LogP contribution in [0.15, 0.2) is 42.5 Å². The van der Waals surface area contributed by atoms with E-state index in [1.807, 2.05) is 18.2 Å². The molecule has 0 spiro atoms. The van der Waals surface area contributed by atoms with E-state index in [1.54, 1.807) is 16.6 Å². The number of pyridine rings is 1. The van der Waals surface area contributed by atoms with Crippen molar-refractivity contribution >= 4 is 17.3 Å². The van der Waals surface area contributed by atoms with Crippen molar-refractivity contribution in [2.45, 2.75) is 25.4 Å². The summed E-state index contributed by atoms with van der Waals surface area (Å²) in [6.45, 7) is 1.92. The van der Waals surface area contributed by atoms with Crippen LogP contribution in [-0.4, -0.2) is 38.9 Å². The topological polar surface area (TPSA) is 74.5 Å². The Kier molecular flexibility index (Phi) is 4.81. The Morgan fingerprint density at radius 1 is 1.23 bits per heavy atom. The first-order valence-corrected chi connectivity index (χ1v) is 8.95. The lowest BCUT2D eigenvalue weighted by Gasteiger charge is -2.27. The molecule has 138 valence electrons. The Labute approximate surface area is 152 Å². The lowest BCUT2D eigenvalue weighted by atomic mass is 9.89. The molecule has 0 saturated carbocycles. The predicted molar refractivity (Wildman–Crippen MR) is 100 cm³/mol. The van der Waals surface area contributed by atoms with Crippen molar-refractivity contribution in [1.29, 1.82) is 0 Å². The molecule has 1 aliphatic heterocycles. The SMILES string of the molecule is OC(Cc1cccc2nc(Nc3ccc(F)cc3)nn12)C1CCNCC1.[HH]. The lowest BCUT2D eigenvalue weighted by Crippen LogP contribution is -2.35. The van der Waals surface area contributed by atoms with E-state index < -0.39 is 0 Å². The van der Waals surface area contributed by atoms with E-state index in [1.165, 1.54) is 12.1 Å². The molecule has 0 bridgehead atoms. The van der Waals surface area contributed by atoms with Crippen LogP contribution in [0.3, 0.4) is 0 Å². The molecule has 0 amide bonds.